The van der Waals surface area contributed by atoms with E-state index in [1.165, 1.54) is 13.8 Å². The molecule has 0 radical (unpaired) electrons. The average molecular weight is 208 g/mol. The van der Waals surface area contributed by atoms with E-state index in [2.05, 4.69) is 0 Å². The van der Waals surface area contributed by atoms with E-state index in [9.17, 15) is 20.1 Å². The van der Waals surface area contributed by atoms with Gasteiger partial charge in [-0.1, -0.05) is 0 Å². The maximum atomic E-state index is 10.1. The lowest BCUT2D eigenvalue weighted by molar-refractivity contribution is -0.160. The van der Waals surface area contributed by atoms with Crippen LogP contribution in [0, 0.1) is 0 Å². The van der Waals surface area contributed by atoms with Gasteiger partial charge in [-0.05, 0) is 13.8 Å². The molecule has 84 valence electrons. The van der Waals surface area contributed by atoms with Crippen molar-refractivity contribution in [3.8, 4) is 0 Å². The largest absolute Gasteiger partial charge is 0.388 e. The summed E-state index contributed by atoms with van der Waals surface area (Å²) in [6.45, 7) is 2.45. The standard InChI is InChI=1S/C8H16O6/c1-8(2,14)7(13)6(12)5(11)4(10)3-9/h3-7,10-14H,1-2H3/t4-,5+,6-,7-/m0/s1. The van der Waals surface area contributed by atoms with E-state index in [-0.39, 0.29) is 6.29 Å². The predicted octanol–water partition coefficient (Wildman–Crippen LogP) is -2.60. The van der Waals surface area contributed by atoms with Crippen LogP contribution in [0.1, 0.15) is 13.8 Å². The lowest BCUT2D eigenvalue weighted by atomic mass is 9.92. The molecule has 6 heteroatoms. The second-order valence-electron chi connectivity index (χ2n) is 3.71. The molecule has 6 nitrogen and oxygen atoms in total. The summed E-state index contributed by atoms with van der Waals surface area (Å²) in [6, 6.07) is 0. The zero-order chi connectivity index (χ0) is 11.5. The van der Waals surface area contributed by atoms with Crippen LogP contribution >= 0.6 is 0 Å². The third-order valence-corrected chi connectivity index (χ3v) is 1.89. The van der Waals surface area contributed by atoms with Crippen molar-refractivity contribution in [1.82, 2.24) is 0 Å². The third kappa shape index (κ3) is 3.32. The Kier molecular flexibility index (Phi) is 4.63. The van der Waals surface area contributed by atoms with Gasteiger partial charge in [-0.3, -0.25) is 0 Å². The Morgan fingerprint density at radius 2 is 1.50 bits per heavy atom. The van der Waals surface area contributed by atoms with Crippen LogP contribution in [0.15, 0.2) is 0 Å². The zero-order valence-corrected chi connectivity index (χ0v) is 8.03. The monoisotopic (exact) mass is 208 g/mol. The van der Waals surface area contributed by atoms with Crippen LogP contribution < -0.4 is 0 Å². The van der Waals surface area contributed by atoms with Gasteiger partial charge >= 0.3 is 0 Å². The minimum atomic E-state index is -1.83. The molecule has 4 atom stereocenters. The van der Waals surface area contributed by atoms with Crippen molar-refractivity contribution in [2.75, 3.05) is 0 Å². The summed E-state index contributed by atoms with van der Waals surface area (Å²) < 4.78 is 0. The first kappa shape index (κ1) is 13.5. The molecule has 0 saturated carbocycles. The zero-order valence-electron chi connectivity index (χ0n) is 8.03. The minimum absolute atomic E-state index is 0.0327. The molecule has 0 aliphatic carbocycles. The Labute approximate surface area is 81.4 Å². The fourth-order valence-electron chi connectivity index (χ4n) is 0.887. The highest BCUT2D eigenvalue weighted by molar-refractivity contribution is 5.56. The van der Waals surface area contributed by atoms with Gasteiger partial charge < -0.3 is 30.3 Å². The molecule has 0 heterocycles. The second kappa shape index (κ2) is 4.81. The molecular formula is C8H16O6. The first-order valence-corrected chi connectivity index (χ1v) is 4.11. The van der Waals surface area contributed by atoms with Gasteiger partial charge in [0.05, 0.1) is 5.60 Å². The van der Waals surface area contributed by atoms with Crippen LogP contribution in [-0.4, -0.2) is 61.8 Å². The molecule has 0 saturated heterocycles. The van der Waals surface area contributed by atoms with E-state index in [0.29, 0.717) is 0 Å². The van der Waals surface area contributed by atoms with Crippen LogP contribution in [-0.2, 0) is 4.79 Å². The van der Waals surface area contributed by atoms with Gasteiger partial charge in [-0.25, -0.2) is 0 Å². The lowest BCUT2D eigenvalue weighted by Crippen LogP contribution is -2.53. The number of aliphatic hydroxyl groups excluding tert-OH is 4. The van der Waals surface area contributed by atoms with Gasteiger partial charge in [0.1, 0.15) is 24.4 Å². The fraction of sp³-hybridized carbons (Fsp3) is 0.875. The maximum absolute atomic E-state index is 10.1. The van der Waals surface area contributed by atoms with Crippen molar-refractivity contribution in [1.29, 1.82) is 0 Å². The Hall–Kier alpha value is -0.530. The SMILES string of the molecule is CC(C)(O)[C@@H](O)[C@@H](O)[C@H](O)[C@@H](O)C=O. The first-order valence-electron chi connectivity index (χ1n) is 4.11. The maximum Gasteiger partial charge on any atom is 0.151 e. The highest BCUT2D eigenvalue weighted by Crippen LogP contribution is 2.15. The van der Waals surface area contributed by atoms with Gasteiger partial charge in [0, 0.05) is 0 Å². The summed E-state index contributed by atoms with van der Waals surface area (Å²) in [6.07, 6.45) is -7.04. The van der Waals surface area contributed by atoms with Crippen LogP contribution in [0.5, 0.6) is 0 Å². The summed E-state index contributed by atoms with van der Waals surface area (Å²) in [4.78, 5) is 10.1. The summed E-state index contributed by atoms with van der Waals surface area (Å²) in [5.74, 6) is 0. The Bertz CT molecular complexity index is 187. The molecule has 0 aliphatic rings. The number of hydrogen-bond donors (Lipinski definition) is 5. The van der Waals surface area contributed by atoms with Crippen molar-refractivity contribution in [3.63, 3.8) is 0 Å². The normalized spacial score (nSPS) is 21.1. The van der Waals surface area contributed by atoms with Gasteiger partial charge in [-0.2, -0.15) is 0 Å². The summed E-state index contributed by atoms with van der Waals surface area (Å²) in [5.41, 5.74) is -1.64. The van der Waals surface area contributed by atoms with E-state index >= 15 is 0 Å². The molecule has 5 N–H and O–H groups in total. The van der Waals surface area contributed by atoms with E-state index < -0.39 is 30.0 Å². The van der Waals surface area contributed by atoms with Gasteiger partial charge in [-0.15, -0.1) is 0 Å². The number of carbonyl (C=O) groups is 1. The molecule has 0 aromatic heterocycles. The molecule has 0 aliphatic heterocycles. The predicted molar refractivity (Wildman–Crippen MR) is 46.4 cm³/mol. The Morgan fingerprint density at radius 3 is 1.79 bits per heavy atom. The number of rotatable bonds is 5. The molecular weight excluding hydrogens is 192 g/mol. The highest BCUT2D eigenvalue weighted by atomic mass is 16.4. The van der Waals surface area contributed by atoms with Crippen molar-refractivity contribution >= 4 is 6.29 Å². The van der Waals surface area contributed by atoms with E-state index in [1.807, 2.05) is 0 Å². The number of carbonyl (C=O) groups excluding carboxylic acids is 1. The van der Waals surface area contributed by atoms with Crippen LogP contribution in [0.25, 0.3) is 0 Å². The van der Waals surface area contributed by atoms with E-state index in [1.54, 1.807) is 0 Å². The first-order chi connectivity index (χ1) is 6.21. The quantitative estimate of drug-likeness (QED) is 0.316. The Balaban J connectivity index is 4.46. The second-order valence-corrected chi connectivity index (χ2v) is 3.71. The van der Waals surface area contributed by atoms with Crippen LogP contribution in [0.4, 0.5) is 0 Å². The summed E-state index contributed by atoms with van der Waals surface area (Å²) in [7, 11) is 0. The summed E-state index contributed by atoms with van der Waals surface area (Å²) in [5, 5.41) is 45.8. The molecule has 0 spiro atoms. The minimum Gasteiger partial charge on any atom is -0.388 e. The topological polar surface area (TPSA) is 118 Å². The molecule has 0 fully saturated rings. The van der Waals surface area contributed by atoms with E-state index in [0.717, 1.165) is 0 Å². The highest BCUT2D eigenvalue weighted by Gasteiger charge is 2.37. The molecule has 0 rings (SSSR count). The Morgan fingerprint density at radius 1 is 1.07 bits per heavy atom. The van der Waals surface area contributed by atoms with Crippen molar-refractivity contribution in [3.05, 3.63) is 0 Å². The molecule has 0 aromatic carbocycles. The molecule has 0 aromatic rings. The summed E-state index contributed by atoms with van der Waals surface area (Å²) >= 11 is 0. The fourth-order valence-corrected chi connectivity index (χ4v) is 0.887. The van der Waals surface area contributed by atoms with Crippen molar-refractivity contribution in [2.45, 2.75) is 43.9 Å². The van der Waals surface area contributed by atoms with Crippen molar-refractivity contribution in [2.24, 2.45) is 0 Å². The lowest BCUT2D eigenvalue weighted by Gasteiger charge is -2.31. The molecule has 0 unspecified atom stereocenters. The van der Waals surface area contributed by atoms with Gasteiger partial charge in [0.2, 0.25) is 0 Å². The van der Waals surface area contributed by atoms with Crippen LogP contribution in [0.3, 0.4) is 0 Å². The average Bonchev–Trinajstić information content (AvgIpc) is 2.11. The number of hydrogen-bond acceptors (Lipinski definition) is 6. The molecule has 0 bridgehead atoms. The third-order valence-electron chi connectivity index (χ3n) is 1.89. The number of aldehydes is 1. The van der Waals surface area contributed by atoms with E-state index in [4.69, 9.17) is 10.2 Å². The number of aliphatic hydroxyl groups is 5. The molecule has 0 amide bonds. The van der Waals surface area contributed by atoms with Crippen LogP contribution in [0.2, 0.25) is 0 Å². The smallest absolute Gasteiger partial charge is 0.151 e. The van der Waals surface area contributed by atoms with Gasteiger partial charge in [0.25, 0.3) is 0 Å². The molecule has 14 heavy (non-hydrogen) atoms. The van der Waals surface area contributed by atoms with Crippen molar-refractivity contribution < 1.29 is 30.3 Å². The van der Waals surface area contributed by atoms with Gasteiger partial charge in [0.15, 0.2) is 6.29 Å².